The number of nitrogens with one attached hydrogen (secondary N) is 1. The topological polar surface area (TPSA) is 113 Å². The molecule has 2 aromatic rings. The fourth-order valence-electron chi connectivity index (χ4n) is 4.88. The molecule has 0 bridgehead atoms. The first-order valence-corrected chi connectivity index (χ1v) is 13.0. The Hall–Kier alpha value is -3.95. The second-order valence-electron chi connectivity index (χ2n) is 9.89. The van der Waals surface area contributed by atoms with Crippen molar-refractivity contribution < 1.29 is 23.9 Å². The quantitative estimate of drug-likeness (QED) is 0.227. The van der Waals surface area contributed by atoms with E-state index in [0.717, 1.165) is 17.7 Å². The average Bonchev–Trinajstić information content (AvgIpc) is 3.71. The molecule has 38 heavy (non-hydrogen) atoms. The summed E-state index contributed by atoms with van der Waals surface area (Å²) < 4.78 is 10.6. The number of amides is 3. The Bertz CT molecular complexity index is 1170. The Morgan fingerprint density at radius 3 is 2.42 bits per heavy atom. The van der Waals surface area contributed by atoms with Gasteiger partial charge in [-0.1, -0.05) is 0 Å². The third kappa shape index (κ3) is 6.48. The van der Waals surface area contributed by atoms with E-state index in [1.807, 2.05) is 0 Å². The van der Waals surface area contributed by atoms with Crippen LogP contribution in [-0.2, 0) is 9.53 Å². The third-order valence-electron chi connectivity index (χ3n) is 7.45. The number of pyridine rings is 1. The molecule has 3 amide bonds. The number of esters is 1. The van der Waals surface area contributed by atoms with Crippen LogP contribution in [0.4, 0.5) is 10.5 Å². The van der Waals surface area contributed by atoms with Gasteiger partial charge in [0.15, 0.2) is 5.69 Å². The lowest BCUT2D eigenvalue weighted by molar-refractivity contribution is -0.115. The number of methoxy groups -OCH3 is 1. The van der Waals surface area contributed by atoms with Gasteiger partial charge in [-0.25, -0.2) is 14.6 Å². The highest BCUT2D eigenvalue weighted by Crippen LogP contribution is 2.57. The molecule has 2 aliphatic carbocycles. The summed E-state index contributed by atoms with van der Waals surface area (Å²) in [6.45, 7) is 2.56. The molecule has 1 aromatic carbocycles. The molecule has 202 valence electrons. The van der Waals surface area contributed by atoms with Crippen LogP contribution in [0.1, 0.15) is 55.9 Å². The number of aliphatic imine (C=N–C) groups is 1. The molecule has 10 nitrogen and oxygen atoms in total. The number of anilines is 1. The summed E-state index contributed by atoms with van der Waals surface area (Å²) >= 11 is 0. The van der Waals surface area contributed by atoms with Crippen LogP contribution in [0.25, 0.3) is 0 Å². The number of carbonyl (C=O) groups is 3. The van der Waals surface area contributed by atoms with E-state index in [0.29, 0.717) is 47.4 Å². The van der Waals surface area contributed by atoms with Gasteiger partial charge in [0, 0.05) is 38.1 Å². The minimum absolute atomic E-state index is 0.151. The van der Waals surface area contributed by atoms with E-state index in [2.05, 4.69) is 15.3 Å². The van der Waals surface area contributed by atoms with Crippen molar-refractivity contribution in [3.8, 4) is 11.5 Å². The van der Waals surface area contributed by atoms with E-state index in [-0.39, 0.29) is 18.3 Å². The van der Waals surface area contributed by atoms with Gasteiger partial charge in [-0.15, -0.1) is 0 Å². The molecule has 0 radical (unpaired) electrons. The molecule has 10 heteroatoms. The van der Waals surface area contributed by atoms with Gasteiger partial charge < -0.3 is 14.8 Å². The normalized spacial score (nSPS) is 16.4. The maximum atomic E-state index is 13.3. The van der Waals surface area contributed by atoms with Crippen LogP contribution in [0.2, 0.25) is 0 Å². The van der Waals surface area contributed by atoms with Crippen LogP contribution in [0.15, 0.2) is 47.6 Å². The number of urea groups is 1. The number of benzene rings is 1. The number of hydrogen-bond acceptors (Lipinski definition) is 7. The largest absolute Gasteiger partial charge is 0.464 e. The molecule has 0 atom stereocenters. The maximum absolute atomic E-state index is 13.3. The van der Waals surface area contributed by atoms with Crippen molar-refractivity contribution in [2.24, 2.45) is 16.3 Å². The fraction of sp³-hybridized carbons (Fsp3) is 0.464. The fourth-order valence-corrected chi connectivity index (χ4v) is 4.88. The lowest BCUT2D eigenvalue weighted by Crippen LogP contribution is -2.50. The van der Waals surface area contributed by atoms with Gasteiger partial charge in [0.1, 0.15) is 11.5 Å². The summed E-state index contributed by atoms with van der Waals surface area (Å²) in [6, 6.07) is 9.90. The molecule has 2 saturated carbocycles. The highest BCUT2D eigenvalue weighted by molar-refractivity contribution is 6.05. The SMILES string of the molecule is CCN(C=O)C(=O)N(CC1CCC2(CC1)CC2)C(=NC)Nc1ccc(Oc2ccnc(C(=O)OC)c2)cc1. The first-order valence-electron chi connectivity index (χ1n) is 13.0. The Balaban J connectivity index is 1.45. The zero-order valence-corrected chi connectivity index (χ0v) is 22.2. The molecule has 2 aliphatic rings. The zero-order chi connectivity index (χ0) is 27.1. The first-order chi connectivity index (χ1) is 18.4. The average molecular weight is 522 g/mol. The van der Waals surface area contributed by atoms with Gasteiger partial charge in [-0.2, -0.15) is 0 Å². The highest BCUT2D eigenvalue weighted by atomic mass is 16.5. The zero-order valence-electron chi connectivity index (χ0n) is 22.2. The predicted octanol–water partition coefficient (Wildman–Crippen LogP) is 4.93. The maximum Gasteiger partial charge on any atom is 0.356 e. The highest BCUT2D eigenvalue weighted by Gasteiger charge is 2.45. The molecule has 0 saturated heterocycles. The van der Waals surface area contributed by atoms with Crippen molar-refractivity contribution in [2.45, 2.75) is 45.4 Å². The van der Waals surface area contributed by atoms with E-state index in [1.54, 1.807) is 49.2 Å². The lowest BCUT2D eigenvalue weighted by atomic mass is 9.79. The Morgan fingerprint density at radius 2 is 1.84 bits per heavy atom. The molecular formula is C28H35N5O5. The van der Waals surface area contributed by atoms with Crippen molar-refractivity contribution in [3.63, 3.8) is 0 Å². The first kappa shape index (κ1) is 27.1. The number of aromatic nitrogens is 1. The molecule has 2 fully saturated rings. The van der Waals surface area contributed by atoms with Gasteiger partial charge in [0.05, 0.1) is 7.11 Å². The van der Waals surface area contributed by atoms with E-state index in [4.69, 9.17) is 9.47 Å². The van der Waals surface area contributed by atoms with Crippen LogP contribution >= 0.6 is 0 Å². The number of carbonyl (C=O) groups excluding carboxylic acids is 3. The van der Waals surface area contributed by atoms with Crippen molar-refractivity contribution in [1.29, 1.82) is 0 Å². The number of rotatable bonds is 8. The summed E-state index contributed by atoms with van der Waals surface area (Å²) in [4.78, 5) is 47.7. The monoisotopic (exact) mass is 521 g/mol. The van der Waals surface area contributed by atoms with Gasteiger partial charge in [-0.05, 0) is 87.1 Å². The summed E-state index contributed by atoms with van der Waals surface area (Å²) in [5.74, 6) is 1.20. The molecule has 0 aliphatic heterocycles. The van der Waals surface area contributed by atoms with Gasteiger partial charge in [0.2, 0.25) is 12.4 Å². The number of nitrogens with zero attached hydrogens (tertiary/aromatic N) is 4. The molecule has 4 rings (SSSR count). The molecule has 1 N–H and O–H groups in total. The summed E-state index contributed by atoms with van der Waals surface area (Å²) in [5, 5.41) is 3.24. The van der Waals surface area contributed by atoms with Gasteiger partial charge in [0.25, 0.3) is 0 Å². The molecule has 1 spiro atoms. The minimum Gasteiger partial charge on any atom is -0.464 e. The van der Waals surface area contributed by atoms with Crippen LogP contribution in [0.5, 0.6) is 11.5 Å². The second kappa shape index (κ2) is 12.1. The molecule has 1 aromatic heterocycles. The van der Waals surface area contributed by atoms with Crippen LogP contribution < -0.4 is 10.1 Å². The van der Waals surface area contributed by atoms with E-state index < -0.39 is 5.97 Å². The van der Waals surface area contributed by atoms with E-state index in [1.165, 1.54) is 45.1 Å². The smallest absolute Gasteiger partial charge is 0.356 e. The van der Waals surface area contributed by atoms with Gasteiger partial charge >= 0.3 is 12.0 Å². The molecular weight excluding hydrogens is 486 g/mol. The Labute approximate surface area is 223 Å². The van der Waals surface area contributed by atoms with Crippen LogP contribution in [0.3, 0.4) is 0 Å². The van der Waals surface area contributed by atoms with Crippen molar-refractivity contribution in [1.82, 2.24) is 14.8 Å². The summed E-state index contributed by atoms with van der Waals surface area (Å²) in [6.07, 6.45) is 9.26. The minimum atomic E-state index is -0.544. The standard InChI is InChI=1S/C28H35N5O5/c1-4-32(19-34)27(36)33(18-20-9-12-28(13-10-20)14-15-28)26(29-2)31-21-5-7-22(8-6-21)38-23-11-16-30-24(17-23)25(35)37-3/h5-8,11,16-17,19-20H,4,9-10,12-15,18H2,1-3H3,(H,29,31). The number of hydrogen-bond donors (Lipinski definition) is 1. The summed E-state index contributed by atoms with van der Waals surface area (Å²) in [7, 11) is 2.92. The Morgan fingerprint density at radius 1 is 1.13 bits per heavy atom. The van der Waals surface area contributed by atoms with Crippen molar-refractivity contribution in [2.75, 3.05) is 32.6 Å². The van der Waals surface area contributed by atoms with Gasteiger partial charge in [-0.3, -0.25) is 19.6 Å². The predicted molar refractivity (Wildman–Crippen MR) is 143 cm³/mol. The van der Waals surface area contributed by atoms with Crippen LogP contribution in [-0.4, -0.2) is 66.4 Å². The number of imide groups is 1. The summed E-state index contributed by atoms with van der Waals surface area (Å²) in [5.41, 5.74) is 1.42. The van der Waals surface area contributed by atoms with Crippen molar-refractivity contribution in [3.05, 3.63) is 48.3 Å². The van der Waals surface area contributed by atoms with E-state index >= 15 is 0 Å². The van der Waals surface area contributed by atoms with Crippen molar-refractivity contribution >= 4 is 30.1 Å². The molecule has 1 heterocycles. The van der Waals surface area contributed by atoms with Crippen LogP contribution in [0, 0.1) is 11.3 Å². The third-order valence-corrected chi connectivity index (χ3v) is 7.45. The second-order valence-corrected chi connectivity index (χ2v) is 9.89. The number of guanidine groups is 1. The van der Waals surface area contributed by atoms with E-state index in [9.17, 15) is 14.4 Å². The Kier molecular flexibility index (Phi) is 8.60. The molecule has 0 unspecified atom stereocenters. The number of ether oxygens (including phenoxy) is 2. The lowest BCUT2D eigenvalue weighted by Gasteiger charge is -2.34.